The topological polar surface area (TPSA) is 167 Å². The zero-order chi connectivity index (χ0) is 31.9. The molecule has 3 atom stereocenters. The van der Waals surface area contributed by atoms with Crippen LogP contribution in [0, 0.1) is 5.82 Å². The van der Waals surface area contributed by atoms with Gasteiger partial charge in [0.25, 0.3) is 0 Å². The molecule has 4 rings (SSSR count). The summed E-state index contributed by atoms with van der Waals surface area (Å²) < 4.78 is 38.6. The van der Waals surface area contributed by atoms with Crippen molar-refractivity contribution in [1.82, 2.24) is 9.97 Å². The van der Waals surface area contributed by atoms with Crippen molar-refractivity contribution in [3.63, 3.8) is 0 Å². The highest BCUT2D eigenvalue weighted by molar-refractivity contribution is 7.92. The Morgan fingerprint density at radius 2 is 1.79 bits per heavy atom. The molecule has 5 N–H and O–H groups in total. The summed E-state index contributed by atoms with van der Waals surface area (Å²) in [5.41, 5.74) is 10.4. The number of nitrogens with zero attached hydrogens (tertiary/aromatic N) is 3. The number of carboxylic acids is 1. The predicted octanol–water partition coefficient (Wildman–Crippen LogP) is 4.03. The third kappa shape index (κ3) is 9.39. The van der Waals surface area contributed by atoms with E-state index in [-0.39, 0.29) is 18.3 Å². The number of aromatic nitrogens is 2. The van der Waals surface area contributed by atoms with Crippen molar-refractivity contribution in [3.05, 3.63) is 82.8 Å². The first kappa shape index (κ1) is 33.8. The molecule has 0 saturated carbocycles. The molecule has 0 radical (unpaired) electrons. The number of halogens is 1. The first-order valence-corrected chi connectivity index (χ1v) is 15.7. The van der Waals surface area contributed by atoms with E-state index < -0.39 is 40.4 Å². The lowest BCUT2D eigenvalue weighted by molar-refractivity contribution is -0.139. The van der Waals surface area contributed by atoms with Gasteiger partial charge in [-0.05, 0) is 54.2 Å². The minimum atomic E-state index is -3.65. The summed E-state index contributed by atoms with van der Waals surface area (Å²) in [5.74, 6) is -1.87. The van der Waals surface area contributed by atoms with E-state index in [4.69, 9.17) is 10.8 Å². The Morgan fingerprint density at radius 1 is 1.14 bits per heavy atom. The molecule has 1 aliphatic carbocycles. The molecular weight excluding hydrogens is 575 g/mol. The lowest BCUT2D eigenvalue weighted by atomic mass is 9.97. The van der Waals surface area contributed by atoms with Crippen LogP contribution in [-0.4, -0.2) is 65.2 Å². The molecule has 12 heteroatoms. The molecule has 1 unspecified atom stereocenters. The van der Waals surface area contributed by atoms with Crippen molar-refractivity contribution in [2.24, 2.45) is 5.73 Å². The summed E-state index contributed by atoms with van der Waals surface area (Å²) in [4.78, 5) is 19.6. The average Bonchev–Trinajstić information content (AvgIpc) is 3.31. The second-order valence-electron chi connectivity index (χ2n) is 10.8. The quantitative estimate of drug-likeness (QED) is 0.264. The van der Waals surface area contributed by atoms with Gasteiger partial charge >= 0.3 is 5.97 Å². The van der Waals surface area contributed by atoms with Crippen LogP contribution in [0.15, 0.2) is 54.6 Å². The Balaban J connectivity index is 0.000000420. The number of aliphatic carboxylic acids is 1. The van der Waals surface area contributed by atoms with Gasteiger partial charge in [-0.1, -0.05) is 50.3 Å². The normalized spacial score (nSPS) is 16.0. The van der Waals surface area contributed by atoms with Gasteiger partial charge in [-0.3, -0.25) is 4.79 Å². The SMILES string of the molecule is CC(C)c1nc(N(C)S(C)(=O)=O)nc(-c2ccc(F)cc2)c1/C=C/[C@@H](O)C[C@@H](O)CC(=O)O.NC1CCc2ccccc21. The summed E-state index contributed by atoms with van der Waals surface area (Å²) in [5, 5.41) is 28.8. The molecule has 0 fully saturated rings. The standard InChI is InChI=1S/C22H28FN3O6S.C9H11N/c1-13(2)20-18(10-9-16(27)11-17(28)12-19(29)30)21(14-5-7-15(23)8-6-14)25-22(24-20)26(3)33(4,31)32;10-9-6-5-7-3-1-2-4-8(7)9/h5-10,13,16-17,27-28H,11-12H2,1-4H3,(H,29,30);1-4,9H,5-6,10H2/b10-9+;/t16-,17-;/m1./s1. The Morgan fingerprint density at radius 3 is 2.37 bits per heavy atom. The molecule has 43 heavy (non-hydrogen) atoms. The number of carboxylic acid groups (broad SMARTS) is 1. The van der Waals surface area contributed by atoms with Gasteiger partial charge in [-0.25, -0.2) is 27.1 Å². The molecule has 232 valence electrons. The highest BCUT2D eigenvalue weighted by Gasteiger charge is 2.23. The van der Waals surface area contributed by atoms with Gasteiger partial charge < -0.3 is 21.1 Å². The predicted molar refractivity (Wildman–Crippen MR) is 164 cm³/mol. The number of nitrogens with two attached hydrogens (primary N) is 1. The molecular formula is C31H39FN4O6S. The number of fused-ring (bicyclic) bond motifs is 1. The molecule has 1 aromatic heterocycles. The van der Waals surface area contributed by atoms with Crippen LogP contribution in [0.3, 0.4) is 0 Å². The smallest absolute Gasteiger partial charge is 0.305 e. The minimum Gasteiger partial charge on any atom is -0.481 e. The van der Waals surface area contributed by atoms with E-state index in [2.05, 4.69) is 34.2 Å². The second-order valence-corrected chi connectivity index (χ2v) is 12.8. The molecule has 0 spiro atoms. The van der Waals surface area contributed by atoms with E-state index in [1.165, 1.54) is 54.6 Å². The van der Waals surface area contributed by atoms with Crippen molar-refractivity contribution in [2.45, 2.75) is 63.7 Å². The number of hydrogen-bond acceptors (Lipinski definition) is 8. The van der Waals surface area contributed by atoms with Gasteiger partial charge in [0.2, 0.25) is 16.0 Å². The number of carbonyl (C=O) groups is 1. The molecule has 0 aliphatic heterocycles. The van der Waals surface area contributed by atoms with Crippen LogP contribution < -0.4 is 10.0 Å². The van der Waals surface area contributed by atoms with Gasteiger partial charge in [0, 0.05) is 30.6 Å². The lowest BCUT2D eigenvalue weighted by Crippen LogP contribution is -2.27. The van der Waals surface area contributed by atoms with Gasteiger partial charge in [0.05, 0.1) is 36.3 Å². The van der Waals surface area contributed by atoms with Crippen molar-refractivity contribution in [3.8, 4) is 11.3 Å². The third-order valence-corrected chi connectivity index (χ3v) is 8.15. The zero-order valence-electron chi connectivity index (χ0n) is 24.7. The summed E-state index contributed by atoms with van der Waals surface area (Å²) >= 11 is 0. The highest BCUT2D eigenvalue weighted by Crippen LogP contribution is 2.32. The van der Waals surface area contributed by atoms with E-state index in [1.54, 1.807) is 0 Å². The lowest BCUT2D eigenvalue weighted by Gasteiger charge is -2.20. The maximum atomic E-state index is 13.5. The Hall–Kier alpha value is -3.71. The van der Waals surface area contributed by atoms with E-state index in [0.29, 0.717) is 28.6 Å². The molecule has 0 bridgehead atoms. The van der Waals surface area contributed by atoms with Crippen LogP contribution >= 0.6 is 0 Å². The van der Waals surface area contributed by atoms with Crippen LogP contribution in [0.1, 0.15) is 67.5 Å². The Bertz CT molecular complexity index is 1550. The fourth-order valence-electron chi connectivity index (χ4n) is 4.64. The van der Waals surface area contributed by atoms with Crippen molar-refractivity contribution in [1.29, 1.82) is 0 Å². The van der Waals surface area contributed by atoms with Crippen molar-refractivity contribution in [2.75, 3.05) is 17.6 Å². The average molecular weight is 615 g/mol. The van der Waals surface area contributed by atoms with Gasteiger partial charge in [-0.15, -0.1) is 0 Å². The molecule has 1 heterocycles. The highest BCUT2D eigenvalue weighted by atomic mass is 32.2. The van der Waals surface area contributed by atoms with Crippen LogP contribution in [0.25, 0.3) is 17.3 Å². The van der Waals surface area contributed by atoms with Gasteiger partial charge in [0.1, 0.15) is 5.82 Å². The molecule has 3 aromatic rings. The number of hydrogen-bond donors (Lipinski definition) is 4. The third-order valence-electron chi connectivity index (χ3n) is 7.00. The molecule has 2 aromatic carbocycles. The van der Waals surface area contributed by atoms with Gasteiger partial charge in [-0.2, -0.15) is 0 Å². The first-order valence-electron chi connectivity index (χ1n) is 13.9. The number of aliphatic hydroxyl groups excluding tert-OH is 2. The van der Waals surface area contributed by atoms with Gasteiger partial charge in [0.15, 0.2) is 0 Å². The second kappa shape index (κ2) is 14.6. The van der Waals surface area contributed by atoms with Crippen LogP contribution in [0.2, 0.25) is 0 Å². The number of aliphatic hydroxyl groups is 2. The zero-order valence-corrected chi connectivity index (χ0v) is 25.5. The largest absolute Gasteiger partial charge is 0.481 e. The maximum absolute atomic E-state index is 13.5. The van der Waals surface area contributed by atoms with Crippen LogP contribution in [0.5, 0.6) is 0 Å². The maximum Gasteiger partial charge on any atom is 0.305 e. The van der Waals surface area contributed by atoms with E-state index >= 15 is 0 Å². The summed E-state index contributed by atoms with van der Waals surface area (Å²) in [6.07, 6.45) is 3.15. The fraction of sp³-hybridized carbons (Fsp3) is 0.387. The summed E-state index contributed by atoms with van der Waals surface area (Å²) in [6, 6.07) is 14.2. The van der Waals surface area contributed by atoms with Crippen molar-refractivity contribution >= 4 is 28.0 Å². The Labute approximate surface area is 251 Å². The minimum absolute atomic E-state index is 0.0601. The van der Waals surface area contributed by atoms with Crippen LogP contribution in [-0.2, 0) is 21.2 Å². The summed E-state index contributed by atoms with van der Waals surface area (Å²) in [7, 11) is -2.33. The summed E-state index contributed by atoms with van der Waals surface area (Å²) in [6.45, 7) is 3.71. The molecule has 0 saturated heterocycles. The Kier molecular flexibility index (Phi) is 11.5. The number of sulfonamides is 1. The van der Waals surface area contributed by atoms with E-state index in [1.807, 2.05) is 13.8 Å². The van der Waals surface area contributed by atoms with Crippen LogP contribution in [0.4, 0.5) is 10.3 Å². The fourth-order valence-corrected chi connectivity index (χ4v) is 5.01. The number of anilines is 1. The number of rotatable bonds is 10. The monoisotopic (exact) mass is 614 g/mol. The first-order chi connectivity index (χ1) is 20.2. The molecule has 10 nitrogen and oxygen atoms in total. The molecule has 0 amide bonds. The van der Waals surface area contributed by atoms with E-state index in [9.17, 15) is 27.8 Å². The number of benzene rings is 2. The molecule has 1 aliphatic rings. The number of aryl methyl sites for hydroxylation is 1. The van der Waals surface area contributed by atoms with Crippen molar-refractivity contribution < 1.29 is 32.9 Å². The van der Waals surface area contributed by atoms with E-state index in [0.717, 1.165) is 23.4 Å².